The molecule has 2 fully saturated rings. The van der Waals surface area contributed by atoms with E-state index < -0.39 is 106 Å². The van der Waals surface area contributed by atoms with Crippen molar-refractivity contribution in [2.24, 2.45) is 0 Å². The van der Waals surface area contributed by atoms with Gasteiger partial charge in [-0.3, -0.25) is 0 Å². The van der Waals surface area contributed by atoms with E-state index >= 15 is 0 Å². The molecule has 2 aliphatic heterocycles. The molecule has 16 heteroatoms. The molecule has 12 N–H and O–H groups in total. The van der Waals surface area contributed by atoms with Crippen molar-refractivity contribution < 1.29 is 75.1 Å². The lowest BCUT2D eigenvalue weighted by Gasteiger charge is -2.46. The Labute approximate surface area is 212 Å². The van der Waals surface area contributed by atoms with Gasteiger partial charge in [-0.2, -0.15) is 0 Å². The topological polar surface area (TPSA) is 271 Å². The molecule has 2 heterocycles. The SMILES string of the molecule is C#CCNCC(O)[C@@H](O)[C@H](O[C@H]1OC(CO)[C@@H](O[C@H]2OC(CO)[C@@H](O)[C@H](O)C2O)[C@H](O)C1O)C(O)CO. The highest BCUT2D eigenvalue weighted by Crippen LogP contribution is 2.30. The van der Waals surface area contributed by atoms with E-state index in [2.05, 4.69) is 11.2 Å². The Morgan fingerprint density at radius 1 is 0.784 bits per heavy atom. The maximum absolute atomic E-state index is 10.7. The van der Waals surface area contributed by atoms with Crippen LogP contribution in [0, 0.1) is 12.3 Å². The highest BCUT2D eigenvalue weighted by Gasteiger charge is 2.51. The standard InChI is InChI=1S/C21H37NO15/c1-2-3-22-4-8(26)12(28)18(9(27)5-23)36-21-17(33)15(31)19(11(7-25)35-21)37-20-16(32)14(30)13(29)10(6-24)34-20/h1,8-33H,3-7H2/t8?,9?,10?,11?,12-,13-,14+,15-,16?,17?,18-,19-,20-,21-/m1/s1. The molecular weight excluding hydrogens is 506 g/mol. The summed E-state index contributed by atoms with van der Waals surface area (Å²) in [5.74, 6) is 2.25. The van der Waals surface area contributed by atoms with Crippen LogP contribution >= 0.6 is 0 Å². The van der Waals surface area contributed by atoms with Crippen molar-refractivity contribution in [2.75, 3.05) is 32.9 Å². The fraction of sp³-hybridized carbons (Fsp3) is 0.905. The van der Waals surface area contributed by atoms with E-state index in [4.69, 9.17) is 25.4 Å². The minimum absolute atomic E-state index is 0.0580. The summed E-state index contributed by atoms with van der Waals surface area (Å²) < 4.78 is 21.5. The highest BCUT2D eigenvalue weighted by molar-refractivity contribution is 4.95. The third kappa shape index (κ3) is 7.74. The molecule has 216 valence electrons. The number of aliphatic hydroxyl groups excluding tert-OH is 11. The summed E-state index contributed by atoms with van der Waals surface area (Å²) in [5, 5.41) is 113. The van der Waals surface area contributed by atoms with Crippen molar-refractivity contribution in [3.63, 3.8) is 0 Å². The smallest absolute Gasteiger partial charge is 0.187 e. The van der Waals surface area contributed by atoms with E-state index in [1.807, 2.05) is 0 Å². The van der Waals surface area contributed by atoms with Crippen LogP contribution in [-0.4, -0.2) is 175 Å². The zero-order valence-electron chi connectivity index (χ0n) is 19.7. The predicted molar refractivity (Wildman–Crippen MR) is 118 cm³/mol. The number of nitrogens with one attached hydrogen (secondary N) is 1. The first-order valence-corrected chi connectivity index (χ1v) is 11.5. The number of rotatable bonds is 13. The molecule has 2 saturated heterocycles. The summed E-state index contributed by atoms with van der Waals surface area (Å²) in [6, 6.07) is 0. The van der Waals surface area contributed by atoms with Crippen molar-refractivity contribution in [3.8, 4) is 12.3 Å². The monoisotopic (exact) mass is 543 g/mol. The third-order valence-corrected chi connectivity index (χ3v) is 6.13. The second-order valence-electron chi connectivity index (χ2n) is 8.75. The minimum Gasteiger partial charge on any atom is -0.394 e. The Morgan fingerprint density at radius 2 is 1.38 bits per heavy atom. The van der Waals surface area contributed by atoms with Gasteiger partial charge in [0.25, 0.3) is 0 Å². The molecule has 6 unspecified atom stereocenters. The van der Waals surface area contributed by atoms with Crippen molar-refractivity contribution >= 4 is 0 Å². The number of aliphatic hydroxyl groups is 11. The number of hydrogen-bond acceptors (Lipinski definition) is 16. The van der Waals surface area contributed by atoms with Crippen molar-refractivity contribution in [3.05, 3.63) is 0 Å². The van der Waals surface area contributed by atoms with E-state index in [1.54, 1.807) is 0 Å². The summed E-state index contributed by atoms with van der Waals surface area (Å²) in [5.41, 5.74) is 0. The van der Waals surface area contributed by atoms with Gasteiger partial charge in [0.2, 0.25) is 0 Å². The van der Waals surface area contributed by atoms with Crippen molar-refractivity contribution in [2.45, 2.75) is 85.8 Å². The zero-order valence-corrected chi connectivity index (χ0v) is 19.7. The molecule has 0 aliphatic carbocycles. The van der Waals surface area contributed by atoms with Gasteiger partial charge in [-0.1, -0.05) is 5.92 Å². The number of terminal acetylenes is 1. The van der Waals surface area contributed by atoms with Gasteiger partial charge in [0.05, 0.1) is 32.5 Å². The van der Waals surface area contributed by atoms with E-state index in [1.165, 1.54) is 0 Å². The average Bonchev–Trinajstić information content (AvgIpc) is 2.90. The van der Waals surface area contributed by atoms with Gasteiger partial charge in [0.15, 0.2) is 12.6 Å². The lowest BCUT2D eigenvalue weighted by Crippen LogP contribution is -2.65. The quantitative estimate of drug-likeness (QED) is 0.0759. The Bertz CT molecular complexity index is 708. The van der Waals surface area contributed by atoms with Crippen LogP contribution in [0.1, 0.15) is 0 Å². The van der Waals surface area contributed by atoms with Gasteiger partial charge in [-0.25, -0.2) is 0 Å². The fourth-order valence-electron chi connectivity index (χ4n) is 3.96. The zero-order chi connectivity index (χ0) is 27.9. The molecule has 0 saturated carbocycles. The largest absolute Gasteiger partial charge is 0.394 e. The van der Waals surface area contributed by atoms with Gasteiger partial charge in [0, 0.05) is 6.54 Å². The Morgan fingerprint density at radius 3 is 1.95 bits per heavy atom. The molecule has 0 amide bonds. The maximum atomic E-state index is 10.7. The summed E-state index contributed by atoms with van der Waals surface area (Å²) in [4.78, 5) is 0. The van der Waals surface area contributed by atoms with Gasteiger partial charge in [-0.15, -0.1) is 6.42 Å². The van der Waals surface area contributed by atoms with Gasteiger partial charge in [0.1, 0.15) is 67.1 Å². The molecule has 0 radical (unpaired) electrons. The van der Waals surface area contributed by atoms with Gasteiger partial charge < -0.3 is 80.4 Å². The predicted octanol–water partition coefficient (Wildman–Crippen LogP) is -7.71. The molecule has 0 aromatic heterocycles. The van der Waals surface area contributed by atoms with Crippen LogP contribution in [0.25, 0.3) is 0 Å². The van der Waals surface area contributed by atoms with Gasteiger partial charge in [-0.05, 0) is 0 Å². The van der Waals surface area contributed by atoms with Crippen LogP contribution in [0.5, 0.6) is 0 Å². The molecule has 0 aromatic rings. The first kappa shape index (κ1) is 32.1. The van der Waals surface area contributed by atoms with E-state index in [9.17, 15) is 56.2 Å². The fourth-order valence-corrected chi connectivity index (χ4v) is 3.96. The second-order valence-corrected chi connectivity index (χ2v) is 8.75. The van der Waals surface area contributed by atoms with Crippen LogP contribution in [0.4, 0.5) is 0 Å². The summed E-state index contributed by atoms with van der Waals surface area (Å²) in [6.45, 7) is -2.70. The van der Waals surface area contributed by atoms with Crippen molar-refractivity contribution in [1.29, 1.82) is 0 Å². The molecule has 0 spiro atoms. The molecule has 2 rings (SSSR count). The highest BCUT2D eigenvalue weighted by atomic mass is 16.7. The van der Waals surface area contributed by atoms with Gasteiger partial charge >= 0.3 is 0 Å². The summed E-state index contributed by atoms with van der Waals surface area (Å²) in [6.07, 6.45) is -19.0. The van der Waals surface area contributed by atoms with Crippen LogP contribution in [0.3, 0.4) is 0 Å². The van der Waals surface area contributed by atoms with Crippen LogP contribution in [0.2, 0.25) is 0 Å². The van der Waals surface area contributed by atoms with Crippen LogP contribution < -0.4 is 5.32 Å². The summed E-state index contributed by atoms with van der Waals surface area (Å²) in [7, 11) is 0. The summed E-state index contributed by atoms with van der Waals surface area (Å²) >= 11 is 0. The molecule has 0 bridgehead atoms. The van der Waals surface area contributed by atoms with Crippen LogP contribution in [0.15, 0.2) is 0 Å². The Balaban J connectivity index is 2.14. The first-order chi connectivity index (χ1) is 17.5. The normalized spacial score (nSPS) is 39.9. The molecule has 14 atom stereocenters. The maximum Gasteiger partial charge on any atom is 0.187 e. The molecule has 2 aliphatic rings. The average molecular weight is 544 g/mol. The van der Waals surface area contributed by atoms with E-state index in [0.29, 0.717) is 0 Å². The lowest BCUT2D eigenvalue weighted by molar-refractivity contribution is -0.367. The molecule has 16 nitrogen and oxygen atoms in total. The molecule has 37 heavy (non-hydrogen) atoms. The Hall–Kier alpha value is -1.08. The van der Waals surface area contributed by atoms with Crippen LogP contribution in [-0.2, 0) is 18.9 Å². The van der Waals surface area contributed by atoms with Crippen molar-refractivity contribution in [1.82, 2.24) is 5.32 Å². The molecular formula is C21H37NO15. The number of hydrogen-bond donors (Lipinski definition) is 12. The second kappa shape index (κ2) is 14.9. The van der Waals surface area contributed by atoms with E-state index in [-0.39, 0.29) is 13.1 Å². The molecule has 0 aromatic carbocycles. The Kier molecular flexibility index (Phi) is 12.9. The minimum atomic E-state index is -1.96. The lowest BCUT2D eigenvalue weighted by atomic mass is 9.96. The first-order valence-electron chi connectivity index (χ1n) is 11.5. The number of ether oxygens (including phenoxy) is 4. The van der Waals surface area contributed by atoms with E-state index in [0.717, 1.165) is 0 Å². The third-order valence-electron chi connectivity index (χ3n) is 6.13.